The summed E-state index contributed by atoms with van der Waals surface area (Å²) in [5.74, 6) is -1.41. The van der Waals surface area contributed by atoms with Crippen molar-refractivity contribution in [2.45, 2.75) is 49.6 Å². The molecule has 1 N–H and O–H groups in total. The second-order valence-corrected chi connectivity index (χ2v) is 13.4. The summed E-state index contributed by atoms with van der Waals surface area (Å²) in [5.41, 5.74) is 3.73. The Kier molecular flexibility index (Phi) is 8.09. The number of hydrogen-bond donors (Lipinski definition) is 1. The van der Waals surface area contributed by atoms with Gasteiger partial charge < -0.3 is 5.11 Å². The van der Waals surface area contributed by atoms with Crippen molar-refractivity contribution in [3.05, 3.63) is 99.0 Å². The number of rotatable bonds is 7. The minimum atomic E-state index is -3.82. The van der Waals surface area contributed by atoms with Crippen LogP contribution in [0.2, 0.25) is 10.0 Å². The van der Waals surface area contributed by atoms with Gasteiger partial charge in [-0.15, -0.1) is 0 Å². The van der Waals surface area contributed by atoms with E-state index >= 15 is 0 Å². The molecule has 0 spiro atoms. The summed E-state index contributed by atoms with van der Waals surface area (Å²) < 4.78 is 29.6. The van der Waals surface area contributed by atoms with Gasteiger partial charge in [0.25, 0.3) is 0 Å². The molecule has 3 atom stereocenters. The molecule has 3 aromatic carbocycles. The number of halogens is 2. The third kappa shape index (κ3) is 5.74. The van der Waals surface area contributed by atoms with Crippen LogP contribution in [0.5, 0.6) is 0 Å². The monoisotopic (exact) mass is 586 g/mol. The van der Waals surface area contributed by atoms with Gasteiger partial charge in [-0.25, -0.2) is 8.42 Å². The number of aliphatic carboxylic acids is 1. The smallest absolute Gasteiger partial charge is 0.307 e. The number of piperazine rings is 1. The predicted molar refractivity (Wildman–Crippen MR) is 154 cm³/mol. The molecule has 9 heteroatoms. The molecule has 6 nitrogen and oxygen atoms in total. The van der Waals surface area contributed by atoms with Crippen LogP contribution in [0.15, 0.2) is 71.6 Å². The van der Waals surface area contributed by atoms with E-state index in [1.165, 1.54) is 0 Å². The maximum atomic E-state index is 14.0. The summed E-state index contributed by atoms with van der Waals surface area (Å²) in [6, 6.07) is 20.4. The van der Waals surface area contributed by atoms with Crippen LogP contribution in [0, 0.1) is 5.92 Å². The molecule has 1 aliphatic heterocycles. The SMILES string of the molecule is C[C@@H]1CN(CC(c2ccc(Cl)cc2)c2ccc(Cl)cc2)C[C@H](C)N1S(=O)(=O)c1cccc2c1CC(C(=O)O)C2. The van der Waals surface area contributed by atoms with E-state index in [2.05, 4.69) is 4.90 Å². The summed E-state index contributed by atoms with van der Waals surface area (Å²) >= 11 is 12.3. The zero-order valence-corrected chi connectivity index (χ0v) is 24.3. The lowest BCUT2D eigenvalue weighted by Crippen LogP contribution is -2.59. The average Bonchev–Trinajstić information content (AvgIpc) is 3.33. The summed E-state index contributed by atoms with van der Waals surface area (Å²) in [5, 5.41) is 10.9. The molecule has 1 heterocycles. The lowest BCUT2D eigenvalue weighted by atomic mass is 9.90. The molecule has 3 aromatic rings. The van der Waals surface area contributed by atoms with E-state index in [1.54, 1.807) is 16.4 Å². The van der Waals surface area contributed by atoms with Crippen molar-refractivity contribution in [2.75, 3.05) is 19.6 Å². The molecule has 0 bridgehead atoms. The molecular formula is C30H32Cl2N2O4S. The second-order valence-electron chi connectivity index (χ2n) is 10.7. The molecule has 1 aliphatic carbocycles. The van der Waals surface area contributed by atoms with Crippen LogP contribution in [0.25, 0.3) is 0 Å². The molecule has 5 rings (SSSR count). The first-order valence-corrected chi connectivity index (χ1v) is 15.3. The van der Waals surface area contributed by atoms with Crippen molar-refractivity contribution in [3.63, 3.8) is 0 Å². The highest BCUT2D eigenvalue weighted by Gasteiger charge is 2.41. The summed E-state index contributed by atoms with van der Waals surface area (Å²) in [6.07, 6.45) is 0.607. The number of carboxylic acid groups (broad SMARTS) is 1. The number of sulfonamides is 1. The van der Waals surface area contributed by atoms with Crippen LogP contribution >= 0.6 is 23.2 Å². The first kappa shape index (κ1) is 28.1. The Balaban J connectivity index is 1.39. The summed E-state index contributed by atoms with van der Waals surface area (Å²) in [6.45, 7) is 5.76. The fraction of sp³-hybridized carbons (Fsp3) is 0.367. The fourth-order valence-corrected chi connectivity index (χ4v) is 8.58. The summed E-state index contributed by atoms with van der Waals surface area (Å²) in [7, 11) is -3.82. The van der Waals surface area contributed by atoms with Gasteiger partial charge >= 0.3 is 5.97 Å². The zero-order valence-electron chi connectivity index (χ0n) is 21.9. The molecule has 1 fully saturated rings. The predicted octanol–water partition coefficient (Wildman–Crippen LogP) is 5.71. The van der Waals surface area contributed by atoms with Crippen molar-refractivity contribution < 1.29 is 18.3 Å². The fourth-order valence-electron chi connectivity index (χ4n) is 6.24. The van der Waals surface area contributed by atoms with Gasteiger partial charge in [0.2, 0.25) is 10.0 Å². The quantitative estimate of drug-likeness (QED) is 0.384. The van der Waals surface area contributed by atoms with E-state index in [9.17, 15) is 18.3 Å². The van der Waals surface area contributed by atoms with Gasteiger partial charge in [-0.3, -0.25) is 9.69 Å². The number of fused-ring (bicyclic) bond motifs is 1. The van der Waals surface area contributed by atoms with Crippen LogP contribution in [-0.2, 0) is 27.7 Å². The molecule has 0 amide bonds. The van der Waals surface area contributed by atoms with Crippen molar-refractivity contribution in [1.29, 1.82) is 0 Å². The Morgan fingerprint density at radius 2 is 1.44 bits per heavy atom. The molecule has 1 saturated heterocycles. The Morgan fingerprint density at radius 1 is 0.897 bits per heavy atom. The van der Waals surface area contributed by atoms with E-state index in [0.717, 1.165) is 16.7 Å². The van der Waals surface area contributed by atoms with Crippen LogP contribution in [0.3, 0.4) is 0 Å². The highest BCUT2D eigenvalue weighted by Crippen LogP contribution is 2.36. The summed E-state index contributed by atoms with van der Waals surface area (Å²) in [4.78, 5) is 14.2. The number of carbonyl (C=O) groups is 1. The highest BCUT2D eigenvalue weighted by molar-refractivity contribution is 7.89. The van der Waals surface area contributed by atoms with Crippen molar-refractivity contribution >= 4 is 39.2 Å². The van der Waals surface area contributed by atoms with Gasteiger partial charge in [-0.05, 0) is 79.3 Å². The third-order valence-electron chi connectivity index (χ3n) is 7.95. The Labute approximate surface area is 240 Å². The molecule has 1 unspecified atom stereocenters. The molecule has 2 aliphatic rings. The highest BCUT2D eigenvalue weighted by atomic mass is 35.5. The first-order chi connectivity index (χ1) is 18.5. The van der Waals surface area contributed by atoms with Gasteiger partial charge in [-0.2, -0.15) is 4.31 Å². The van der Waals surface area contributed by atoms with E-state index in [1.807, 2.05) is 68.4 Å². The van der Waals surface area contributed by atoms with Gasteiger partial charge in [-0.1, -0.05) is 59.6 Å². The first-order valence-electron chi connectivity index (χ1n) is 13.1. The average molecular weight is 588 g/mol. The Morgan fingerprint density at radius 3 is 1.95 bits per heavy atom. The minimum Gasteiger partial charge on any atom is -0.481 e. The van der Waals surface area contributed by atoms with E-state index < -0.39 is 21.9 Å². The lowest BCUT2D eigenvalue weighted by molar-refractivity contribution is -0.141. The minimum absolute atomic E-state index is 0.0624. The van der Waals surface area contributed by atoms with Gasteiger partial charge in [0, 0.05) is 47.7 Å². The topological polar surface area (TPSA) is 77.9 Å². The van der Waals surface area contributed by atoms with Crippen molar-refractivity contribution in [3.8, 4) is 0 Å². The van der Waals surface area contributed by atoms with Gasteiger partial charge in [0.15, 0.2) is 0 Å². The number of carboxylic acids is 1. The standard InChI is InChI=1S/C30H32Cl2N2O4S/c1-19-16-33(18-28(21-6-10-25(31)11-7-21)22-8-12-26(32)13-9-22)17-20(2)34(19)39(37,38)29-5-3-4-23-14-24(30(35)36)15-27(23)29/h3-13,19-20,24,28H,14-18H2,1-2H3,(H,35,36)/t19-,20+,24?. The van der Waals surface area contributed by atoms with Crippen molar-refractivity contribution in [1.82, 2.24) is 9.21 Å². The molecule has 0 saturated carbocycles. The lowest BCUT2D eigenvalue weighted by Gasteiger charge is -2.44. The van der Waals surface area contributed by atoms with Gasteiger partial charge in [0.1, 0.15) is 0 Å². The zero-order chi connectivity index (χ0) is 27.9. The molecular weight excluding hydrogens is 555 g/mol. The van der Waals surface area contributed by atoms with Crippen molar-refractivity contribution in [2.24, 2.45) is 5.92 Å². The maximum absolute atomic E-state index is 14.0. The van der Waals surface area contributed by atoms with Gasteiger partial charge in [0.05, 0.1) is 10.8 Å². The molecule has 0 aromatic heterocycles. The molecule has 0 radical (unpaired) electrons. The Hall–Kier alpha value is -2.42. The van der Waals surface area contributed by atoms with E-state index in [-0.39, 0.29) is 29.3 Å². The number of nitrogens with zero attached hydrogens (tertiary/aromatic N) is 2. The van der Waals surface area contributed by atoms with E-state index in [4.69, 9.17) is 23.2 Å². The number of hydrogen-bond acceptors (Lipinski definition) is 4. The largest absolute Gasteiger partial charge is 0.481 e. The van der Waals surface area contributed by atoms with E-state index in [0.29, 0.717) is 41.7 Å². The van der Waals surface area contributed by atoms with Crippen LogP contribution in [0.4, 0.5) is 0 Å². The Bertz CT molecular complexity index is 1400. The second kappa shape index (κ2) is 11.2. The van der Waals surface area contributed by atoms with Crippen LogP contribution in [-0.4, -0.2) is 60.4 Å². The van der Waals surface area contributed by atoms with Crippen LogP contribution < -0.4 is 0 Å². The molecule has 39 heavy (non-hydrogen) atoms. The third-order valence-corrected chi connectivity index (χ3v) is 10.7. The number of benzene rings is 3. The van der Waals surface area contributed by atoms with Crippen LogP contribution in [0.1, 0.15) is 42.0 Å². The molecule has 206 valence electrons. The maximum Gasteiger partial charge on any atom is 0.307 e. The normalized spacial score (nSPS) is 22.2.